The maximum absolute atomic E-state index is 11.2. The van der Waals surface area contributed by atoms with Crippen molar-refractivity contribution in [2.45, 2.75) is 13.8 Å². The Kier molecular flexibility index (Phi) is 3.25. The van der Waals surface area contributed by atoms with Crippen LogP contribution in [0.25, 0.3) is 0 Å². The Balaban J connectivity index is 3.22. The first kappa shape index (κ1) is 10.7. The number of nitrogens with one attached hydrogen (secondary N) is 1. The lowest BCUT2D eigenvalue weighted by molar-refractivity contribution is -0.114. The van der Waals surface area contributed by atoms with Crippen molar-refractivity contribution in [2.75, 3.05) is 5.32 Å². The highest BCUT2D eigenvalue weighted by Crippen LogP contribution is 2.26. The number of rotatable bonds is 2. The summed E-state index contributed by atoms with van der Waals surface area (Å²) in [7, 11) is 0. The smallest absolute Gasteiger partial charge is 0.221 e. The summed E-state index contributed by atoms with van der Waals surface area (Å²) in [5.41, 5.74) is 0.807. The van der Waals surface area contributed by atoms with Crippen molar-refractivity contribution in [3.05, 3.63) is 28.8 Å². The minimum absolute atomic E-state index is 0.128. The van der Waals surface area contributed by atoms with E-state index in [9.17, 15) is 9.59 Å². The van der Waals surface area contributed by atoms with E-state index in [4.69, 9.17) is 11.6 Å². The molecule has 74 valence electrons. The molecular formula is C10H10ClNO2. The Labute approximate surface area is 87.1 Å². The van der Waals surface area contributed by atoms with E-state index in [2.05, 4.69) is 5.32 Å². The molecular weight excluding hydrogens is 202 g/mol. The molecule has 0 aliphatic carbocycles. The minimum atomic E-state index is -0.249. The maximum Gasteiger partial charge on any atom is 0.221 e. The van der Waals surface area contributed by atoms with Gasteiger partial charge in [-0.05, 0) is 19.1 Å². The van der Waals surface area contributed by atoms with Crippen molar-refractivity contribution in [3.63, 3.8) is 0 Å². The van der Waals surface area contributed by atoms with E-state index in [1.165, 1.54) is 13.8 Å². The van der Waals surface area contributed by atoms with Gasteiger partial charge in [0.15, 0.2) is 5.78 Å². The monoisotopic (exact) mass is 211 g/mol. The number of hydrogen-bond donors (Lipinski definition) is 1. The summed E-state index contributed by atoms with van der Waals surface area (Å²) in [4.78, 5) is 22.0. The van der Waals surface area contributed by atoms with Crippen molar-refractivity contribution < 1.29 is 9.59 Å². The van der Waals surface area contributed by atoms with Crippen LogP contribution in [0.1, 0.15) is 24.2 Å². The zero-order valence-electron chi connectivity index (χ0n) is 7.93. The molecule has 0 bridgehead atoms. The number of carbonyl (C=O) groups excluding carboxylic acids is 2. The van der Waals surface area contributed by atoms with Crippen LogP contribution in [0.5, 0.6) is 0 Å². The zero-order valence-corrected chi connectivity index (χ0v) is 8.68. The molecule has 0 atom stereocenters. The summed E-state index contributed by atoms with van der Waals surface area (Å²) < 4.78 is 0. The zero-order chi connectivity index (χ0) is 10.7. The van der Waals surface area contributed by atoms with Gasteiger partial charge in [0, 0.05) is 12.5 Å². The second-order valence-electron chi connectivity index (χ2n) is 2.90. The van der Waals surface area contributed by atoms with Gasteiger partial charge in [-0.1, -0.05) is 17.7 Å². The van der Waals surface area contributed by atoms with E-state index < -0.39 is 0 Å². The Morgan fingerprint density at radius 2 is 1.93 bits per heavy atom. The highest BCUT2D eigenvalue weighted by molar-refractivity contribution is 6.34. The molecule has 1 aromatic carbocycles. The van der Waals surface area contributed by atoms with Gasteiger partial charge in [-0.2, -0.15) is 0 Å². The van der Waals surface area contributed by atoms with Crippen LogP contribution in [0.15, 0.2) is 18.2 Å². The summed E-state index contributed by atoms with van der Waals surface area (Å²) in [5, 5.41) is 2.90. The number of para-hydroxylation sites is 1. The topological polar surface area (TPSA) is 46.2 Å². The number of amides is 1. The fourth-order valence-corrected chi connectivity index (χ4v) is 1.34. The lowest BCUT2D eigenvalue weighted by Gasteiger charge is -2.08. The number of hydrogen-bond acceptors (Lipinski definition) is 2. The minimum Gasteiger partial charge on any atom is -0.324 e. The fourth-order valence-electron chi connectivity index (χ4n) is 1.12. The van der Waals surface area contributed by atoms with Gasteiger partial charge in [0.1, 0.15) is 0 Å². The molecule has 3 nitrogen and oxygen atoms in total. The van der Waals surface area contributed by atoms with Crippen LogP contribution in [-0.4, -0.2) is 11.7 Å². The molecule has 0 aliphatic heterocycles. The van der Waals surface area contributed by atoms with Gasteiger partial charge in [-0.3, -0.25) is 9.59 Å². The van der Waals surface area contributed by atoms with Crippen LogP contribution in [0.3, 0.4) is 0 Å². The summed E-state index contributed by atoms with van der Waals surface area (Å²) in [5.74, 6) is -0.378. The number of Topliss-reactive ketones (excluding diaryl/α,β-unsaturated/α-hetero) is 1. The van der Waals surface area contributed by atoms with Crippen LogP contribution < -0.4 is 5.32 Å². The molecule has 0 radical (unpaired) electrons. The van der Waals surface area contributed by atoms with Crippen LogP contribution in [0, 0.1) is 0 Å². The van der Waals surface area contributed by atoms with Crippen LogP contribution >= 0.6 is 11.6 Å². The third kappa shape index (κ3) is 2.33. The molecule has 0 aromatic heterocycles. The number of ketones is 1. The number of benzene rings is 1. The second kappa shape index (κ2) is 4.24. The highest BCUT2D eigenvalue weighted by Gasteiger charge is 2.11. The van der Waals surface area contributed by atoms with E-state index in [1.807, 2.05) is 0 Å². The largest absolute Gasteiger partial charge is 0.324 e. The lowest BCUT2D eigenvalue weighted by atomic mass is 10.1. The molecule has 0 spiro atoms. The lowest BCUT2D eigenvalue weighted by Crippen LogP contribution is -2.10. The molecule has 0 heterocycles. The summed E-state index contributed by atoms with van der Waals surface area (Å²) in [6.07, 6.45) is 0. The molecule has 1 aromatic rings. The van der Waals surface area contributed by atoms with Gasteiger partial charge in [0.2, 0.25) is 5.91 Å². The first-order chi connectivity index (χ1) is 6.52. The molecule has 0 saturated heterocycles. The molecule has 0 saturated carbocycles. The Morgan fingerprint density at radius 3 is 2.43 bits per heavy atom. The fraction of sp³-hybridized carbons (Fsp3) is 0.200. The van der Waals surface area contributed by atoms with Crippen LogP contribution in [-0.2, 0) is 4.79 Å². The second-order valence-corrected chi connectivity index (χ2v) is 3.31. The van der Waals surface area contributed by atoms with Crippen LogP contribution in [0.2, 0.25) is 5.02 Å². The van der Waals surface area contributed by atoms with E-state index in [0.29, 0.717) is 16.3 Å². The normalized spacial score (nSPS) is 9.64. The first-order valence-corrected chi connectivity index (χ1v) is 4.47. The molecule has 1 N–H and O–H groups in total. The number of anilines is 1. The van der Waals surface area contributed by atoms with Crippen LogP contribution in [0.4, 0.5) is 5.69 Å². The van der Waals surface area contributed by atoms with Gasteiger partial charge < -0.3 is 5.32 Å². The Hall–Kier alpha value is -1.35. The summed E-state index contributed by atoms with van der Waals surface area (Å²) >= 11 is 5.85. The van der Waals surface area contributed by atoms with Gasteiger partial charge in [0.25, 0.3) is 0 Å². The van der Waals surface area contributed by atoms with E-state index >= 15 is 0 Å². The number of halogens is 1. The Morgan fingerprint density at radius 1 is 1.29 bits per heavy atom. The molecule has 4 heteroatoms. The standard InChI is InChI=1S/C10H10ClNO2/c1-6(13)8-4-3-5-9(11)10(8)12-7(2)14/h3-5H,1-2H3,(H,12,14). The highest BCUT2D eigenvalue weighted by atomic mass is 35.5. The van der Waals surface area contributed by atoms with Crippen molar-refractivity contribution in [1.82, 2.24) is 0 Å². The van der Waals surface area contributed by atoms with Gasteiger partial charge in [-0.25, -0.2) is 0 Å². The average Bonchev–Trinajstić information content (AvgIpc) is 2.07. The van der Waals surface area contributed by atoms with Crippen molar-refractivity contribution in [1.29, 1.82) is 0 Å². The molecule has 0 aliphatic rings. The predicted octanol–water partition coefficient (Wildman–Crippen LogP) is 2.50. The predicted molar refractivity (Wildman–Crippen MR) is 55.8 cm³/mol. The third-order valence-electron chi connectivity index (χ3n) is 1.69. The Bertz CT molecular complexity index is 388. The molecule has 1 rings (SSSR count). The van der Waals surface area contributed by atoms with E-state index in [1.54, 1.807) is 18.2 Å². The first-order valence-electron chi connectivity index (χ1n) is 4.09. The quantitative estimate of drug-likeness (QED) is 0.764. The van der Waals surface area contributed by atoms with E-state index in [0.717, 1.165) is 0 Å². The maximum atomic E-state index is 11.2. The van der Waals surface area contributed by atoms with Crippen molar-refractivity contribution in [3.8, 4) is 0 Å². The summed E-state index contributed by atoms with van der Waals surface area (Å²) in [6, 6.07) is 4.92. The average molecular weight is 212 g/mol. The molecule has 1 amide bonds. The van der Waals surface area contributed by atoms with E-state index in [-0.39, 0.29) is 11.7 Å². The van der Waals surface area contributed by atoms with Crippen molar-refractivity contribution >= 4 is 29.0 Å². The SMILES string of the molecule is CC(=O)Nc1c(Cl)cccc1C(C)=O. The summed E-state index contributed by atoms with van der Waals surface area (Å²) in [6.45, 7) is 2.80. The molecule has 0 fully saturated rings. The van der Waals surface area contributed by atoms with Gasteiger partial charge in [0.05, 0.1) is 10.7 Å². The van der Waals surface area contributed by atoms with Gasteiger partial charge in [-0.15, -0.1) is 0 Å². The van der Waals surface area contributed by atoms with Crippen molar-refractivity contribution in [2.24, 2.45) is 0 Å². The molecule has 0 unspecified atom stereocenters. The third-order valence-corrected chi connectivity index (χ3v) is 2.01. The number of carbonyl (C=O) groups is 2. The van der Waals surface area contributed by atoms with Gasteiger partial charge >= 0.3 is 0 Å². The molecule has 14 heavy (non-hydrogen) atoms.